The van der Waals surface area contributed by atoms with Gasteiger partial charge in [-0.2, -0.15) is 0 Å². The second-order valence-electron chi connectivity index (χ2n) is 9.76. The molecule has 0 saturated heterocycles. The van der Waals surface area contributed by atoms with Crippen molar-refractivity contribution in [1.29, 1.82) is 0 Å². The normalized spacial score (nSPS) is 15.5. The summed E-state index contributed by atoms with van der Waals surface area (Å²) >= 11 is 0. The first kappa shape index (κ1) is 25.6. The number of nitrogens with zero attached hydrogens (tertiary/aromatic N) is 1. The Morgan fingerprint density at radius 1 is 1.00 bits per heavy atom. The van der Waals surface area contributed by atoms with Gasteiger partial charge >= 0.3 is 0 Å². The van der Waals surface area contributed by atoms with Crippen molar-refractivity contribution in [3.63, 3.8) is 0 Å². The SMILES string of the molecule is CC(C)(C)c1ccc(OCCNC(=O)C2CN(S(=O)(=O)Cc3ccccc3)c3ccccc3O2)cc1. The van der Waals surface area contributed by atoms with E-state index in [2.05, 4.69) is 26.1 Å². The summed E-state index contributed by atoms with van der Waals surface area (Å²) in [6.07, 6.45) is -0.975. The Bertz CT molecular complexity index is 1290. The maximum atomic E-state index is 13.3. The number of benzene rings is 3. The standard InChI is InChI=1S/C28H32N2O5S/c1-28(2,3)22-13-15-23(16-14-22)34-18-17-29-27(31)26-19-30(24-11-7-8-12-25(24)35-26)36(32,33)20-21-9-5-4-6-10-21/h4-16,26H,17-20H2,1-3H3,(H,29,31). The van der Waals surface area contributed by atoms with Crippen molar-refractivity contribution in [2.45, 2.75) is 38.0 Å². The molecule has 0 aromatic heterocycles. The molecule has 4 rings (SSSR count). The molecule has 1 heterocycles. The Labute approximate surface area is 213 Å². The van der Waals surface area contributed by atoms with E-state index in [4.69, 9.17) is 9.47 Å². The van der Waals surface area contributed by atoms with E-state index >= 15 is 0 Å². The Morgan fingerprint density at radius 2 is 1.67 bits per heavy atom. The van der Waals surface area contributed by atoms with Gasteiger partial charge in [-0.1, -0.05) is 75.4 Å². The molecular formula is C28H32N2O5S. The molecule has 0 saturated carbocycles. The van der Waals surface area contributed by atoms with Gasteiger partial charge < -0.3 is 14.8 Å². The fourth-order valence-corrected chi connectivity index (χ4v) is 5.56. The number of ether oxygens (including phenoxy) is 2. The Balaban J connectivity index is 1.37. The molecule has 1 atom stereocenters. The Hall–Kier alpha value is -3.52. The quantitative estimate of drug-likeness (QED) is 0.459. The third-order valence-corrected chi connectivity index (χ3v) is 7.66. The van der Waals surface area contributed by atoms with Crippen LogP contribution in [0.4, 0.5) is 5.69 Å². The van der Waals surface area contributed by atoms with E-state index in [9.17, 15) is 13.2 Å². The maximum absolute atomic E-state index is 13.3. The van der Waals surface area contributed by atoms with Gasteiger partial charge in [0.05, 0.1) is 24.5 Å². The molecule has 1 amide bonds. The van der Waals surface area contributed by atoms with Gasteiger partial charge in [-0.25, -0.2) is 8.42 Å². The highest BCUT2D eigenvalue weighted by atomic mass is 32.2. The number of fused-ring (bicyclic) bond motifs is 1. The van der Waals surface area contributed by atoms with Crippen LogP contribution in [0.2, 0.25) is 0 Å². The number of para-hydroxylation sites is 2. The van der Waals surface area contributed by atoms with Crippen molar-refractivity contribution in [1.82, 2.24) is 5.32 Å². The van der Waals surface area contributed by atoms with E-state index in [0.717, 1.165) is 5.75 Å². The summed E-state index contributed by atoms with van der Waals surface area (Å²) in [5.74, 6) is 0.517. The van der Waals surface area contributed by atoms with Gasteiger partial charge in [0.25, 0.3) is 5.91 Å². The van der Waals surface area contributed by atoms with Crippen LogP contribution in [-0.4, -0.2) is 40.1 Å². The summed E-state index contributed by atoms with van der Waals surface area (Å²) in [6, 6.07) is 23.7. The van der Waals surface area contributed by atoms with Crippen molar-refractivity contribution in [3.05, 3.63) is 90.0 Å². The first-order valence-electron chi connectivity index (χ1n) is 11.9. The van der Waals surface area contributed by atoms with E-state index in [-0.39, 0.29) is 30.9 Å². The molecule has 3 aromatic carbocycles. The van der Waals surface area contributed by atoms with Crippen molar-refractivity contribution in [2.24, 2.45) is 0 Å². The van der Waals surface area contributed by atoms with Gasteiger partial charge in [0.2, 0.25) is 10.0 Å². The molecule has 8 heteroatoms. The topological polar surface area (TPSA) is 84.9 Å². The monoisotopic (exact) mass is 508 g/mol. The number of hydrogen-bond donors (Lipinski definition) is 1. The van der Waals surface area contributed by atoms with Crippen LogP contribution in [0.3, 0.4) is 0 Å². The molecule has 1 aliphatic heterocycles. The third-order valence-electron chi connectivity index (χ3n) is 5.95. The van der Waals surface area contributed by atoms with Crippen molar-refractivity contribution >= 4 is 21.6 Å². The fourth-order valence-electron chi connectivity index (χ4n) is 3.97. The zero-order valence-electron chi connectivity index (χ0n) is 20.8. The maximum Gasteiger partial charge on any atom is 0.263 e. The lowest BCUT2D eigenvalue weighted by molar-refractivity contribution is -0.127. The van der Waals surface area contributed by atoms with Crippen LogP contribution in [0, 0.1) is 0 Å². The summed E-state index contributed by atoms with van der Waals surface area (Å²) < 4.78 is 39.5. The fraction of sp³-hybridized carbons (Fsp3) is 0.321. The summed E-state index contributed by atoms with van der Waals surface area (Å²) in [6.45, 7) is 6.89. The van der Waals surface area contributed by atoms with Crippen LogP contribution in [-0.2, 0) is 26.0 Å². The van der Waals surface area contributed by atoms with Gasteiger partial charge in [0, 0.05) is 0 Å². The molecule has 3 aromatic rings. The number of nitrogens with one attached hydrogen (secondary N) is 1. The average molecular weight is 509 g/mol. The van der Waals surface area contributed by atoms with Crippen LogP contribution in [0.5, 0.6) is 11.5 Å². The largest absolute Gasteiger partial charge is 0.492 e. The van der Waals surface area contributed by atoms with Crippen LogP contribution >= 0.6 is 0 Å². The van der Waals surface area contributed by atoms with Gasteiger partial charge in [0.1, 0.15) is 18.1 Å². The van der Waals surface area contributed by atoms with Crippen molar-refractivity contribution < 1.29 is 22.7 Å². The van der Waals surface area contributed by atoms with E-state index in [1.807, 2.05) is 30.3 Å². The number of amides is 1. The van der Waals surface area contributed by atoms with Crippen molar-refractivity contribution in [3.8, 4) is 11.5 Å². The minimum atomic E-state index is -3.74. The predicted octanol–water partition coefficient (Wildman–Crippen LogP) is 4.28. The molecule has 1 unspecified atom stereocenters. The lowest BCUT2D eigenvalue weighted by Crippen LogP contribution is -2.51. The molecule has 0 radical (unpaired) electrons. The lowest BCUT2D eigenvalue weighted by atomic mass is 9.87. The zero-order valence-corrected chi connectivity index (χ0v) is 21.6. The molecule has 0 spiro atoms. The van der Waals surface area contributed by atoms with Crippen LogP contribution in [0.15, 0.2) is 78.9 Å². The molecule has 0 aliphatic carbocycles. The Kier molecular flexibility index (Phi) is 7.54. The number of carbonyl (C=O) groups excluding carboxylic acids is 1. The zero-order chi connectivity index (χ0) is 25.8. The summed E-state index contributed by atoms with van der Waals surface area (Å²) in [5, 5.41) is 2.80. The number of carbonyl (C=O) groups is 1. The Morgan fingerprint density at radius 3 is 2.36 bits per heavy atom. The average Bonchev–Trinajstić information content (AvgIpc) is 2.86. The van der Waals surface area contributed by atoms with Gasteiger partial charge in [-0.05, 0) is 40.8 Å². The van der Waals surface area contributed by atoms with Gasteiger partial charge in [0.15, 0.2) is 6.10 Å². The first-order valence-corrected chi connectivity index (χ1v) is 13.6. The molecule has 190 valence electrons. The van der Waals surface area contributed by atoms with E-state index in [1.54, 1.807) is 48.5 Å². The number of hydrogen-bond acceptors (Lipinski definition) is 5. The molecule has 1 N–H and O–H groups in total. The first-order chi connectivity index (χ1) is 17.1. The summed E-state index contributed by atoms with van der Waals surface area (Å²) in [7, 11) is -3.74. The molecular weight excluding hydrogens is 476 g/mol. The van der Waals surface area contributed by atoms with Gasteiger partial charge in [-0.3, -0.25) is 9.10 Å². The molecule has 7 nitrogen and oxygen atoms in total. The summed E-state index contributed by atoms with van der Waals surface area (Å²) in [5.41, 5.74) is 2.38. The number of sulfonamides is 1. The minimum Gasteiger partial charge on any atom is -0.492 e. The lowest BCUT2D eigenvalue weighted by Gasteiger charge is -2.34. The number of rotatable bonds is 8. The second kappa shape index (κ2) is 10.6. The van der Waals surface area contributed by atoms with E-state index in [1.165, 1.54) is 9.87 Å². The molecule has 0 bridgehead atoms. The highest BCUT2D eigenvalue weighted by Crippen LogP contribution is 2.35. The third kappa shape index (κ3) is 6.18. The second-order valence-corrected chi connectivity index (χ2v) is 11.7. The molecule has 1 aliphatic rings. The smallest absolute Gasteiger partial charge is 0.263 e. The minimum absolute atomic E-state index is 0.0631. The van der Waals surface area contributed by atoms with Crippen molar-refractivity contribution in [2.75, 3.05) is 24.0 Å². The highest BCUT2D eigenvalue weighted by molar-refractivity contribution is 7.92. The summed E-state index contributed by atoms with van der Waals surface area (Å²) in [4.78, 5) is 12.9. The number of anilines is 1. The molecule has 0 fully saturated rings. The highest BCUT2D eigenvalue weighted by Gasteiger charge is 2.36. The van der Waals surface area contributed by atoms with Crippen LogP contribution in [0.25, 0.3) is 0 Å². The van der Waals surface area contributed by atoms with E-state index < -0.39 is 22.0 Å². The van der Waals surface area contributed by atoms with Gasteiger partial charge in [-0.15, -0.1) is 0 Å². The van der Waals surface area contributed by atoms with Crippen LogP contribution in [0.1, 0.15) is 31.9 Å². The van der Waals surface area contributed by atoms with E-state index in [0.29, 0.717) is 17.0 Å². The molecule has 36 heavy (non-hydrogen) atoms. The predicted molar refractivity (Wildman–Crippen MR) is 141 cm³/mol. The van der Waals surface area contributed by atoms with Crippen LogP contribution < -0.4 is 19.1 Å².